The number of hydrogen-bond donors (Lipinski definition) is 2. The summed E-state index contributed by atoms with van der Waals surface area (Å²) in [5, 5.41) is 10.2. The van der Waals surface area contributed by atoms with Gasteiger partial charge < -0.3 is 9.67 Å². The van der Waals surface area contributed by atoms with Crippen LogP contribution in [0.25, 0.3) is 0 Å². The Hall–Kier alpha value is -0.920. The summed E-state index contributed by atoms with van der Waals surface area (Å²) >= 11 is 0. The lowest BCUT2D eigenvalue weighted by molar-refractivity contribution is 0.0506. The Morgan fingerprint density at radius 1 is 1.38 bits per heavy atom. The van der Waals surface area contributed by atoms with Crippen LogP contribution in [0, 0.1) is 5.92 Å². The molecule has 0 saturated carbocycles. The normalized spacial score (nSPS) is 15.6. The number of aliphatic hydroxyl groups is 1. The number of sulfonamides is 1. The number of imidazole rings is 1. The maximum absolute atomic E-state index is 12.2. The fourth-order valence-electron chi connectivity index (χ4n) is 1.75. The van der Waals surface area contributed by atoms with Gasteiger partial charge in [-0.15, -0.1) is 0 Å². The Morgan fingerprint density at radius 3 is 2.48 bits per heavy atom. The zero-order chi connectivity index (χ0) is 16.3. The molecule has 0 saturated heterocycles. The molecular weight excluding hydrogens is 290 g/mol. The van der Waals surface area contributed by atoms with Gasteiger partial charge in [-0.3, -0.25) is 0 Å². The lowest BCUT2D eigenvalue weighted by atomic mass is 9.96. The van der Waals surface area contributed by atoms with E-state index in [9.17, 15) is 13.5 Å². The molecule has 0 aliphatic rings. The summed E-state index contributed by atoms with van der Waals surface area (Å²) in [6.45, 7) is 9.66. The number of aromatic nitrogens is 2. The van der Waals surface area contributed by atoms with E-state index >= 15 is 0 Å². The van der Waals surface area contributed by atoms with Crippen LogP contribution in [0.2, 0.25) is 0 Å². The van der Waals surface area contributed by atoms with Gasteiger partial charge in [0.2, 0.25) is 0 Å². The summed E-state index contributed by atoms with van der Waals surface area (Å²) in [4.78, 5) is 3.91. The van der Waals surface area contributed by atoms with Crippen LogP contribution in [0.3, 0.4) is 0 Å². The van der Waals surface area contributed by atoms with Crippen molar-refractivity contribution in [1.29, 1.82) is 0 Å². The maximum atomic E-state index is 12.2. The van der Waals surface area contributed by atoms with E-state index in [0.717, 1.165) is 6.42 Å². The lowest BCUT2D eigenvalue weighted by Gasteiger charge is -2.24. The van der Waals surface area contributed by atoms with E-state index in [0.29, 0.717) is 12.3 Å². The molecule has 0 bridgehead atoms. The highest BCUT2D eigenvalue weighted by Gasteiger charge is 2.25. The first kappa shape index (κ1) is 18.1. The third-order valence-corrected chi connectivity index (χ3v) is 4.64. The van der Waals surface area contributed by atoms with Crippen molar-refractivity contribution in [2.75, 3.05) is 6.54 Å². The monoisotopic (exact) mass is 317 g/mol. The molecule has 122 valence electrons. The Kier molecular flexibility index (Phi) is 5.95. The maximum Gasteiger partial charge on any atom is 0.259 e. The van der Waals surface area contributed by atoms with Crippen molar-refractivity contribution in [2.45, 2.75) is 64.1 Å². The molecule has 7 heteroatoms. The van der Waals surface area contributed by atoms with Crippen LogP contribution in [0.1, 0.15) is 53.5 Å². The average molecular weight is 317 g/mol. The van der Waals surface area contributed by atoms with E-state index in [1.165, 1.54) is 12.5 Å². The number of nitrogens with zero attached hydrogens (tertiary/aromatic N) is 2. The number of nitrogens with one attached hydrogen (secondary N) is 1. The molecule has 1 heterocycles. The molecule has 0 spiro atoms. The quantitative estimate of drug-likeness (QED) is 0.767. The third-order valence-electron chi connectivity index (χ3n) is 3.35. The van der Waals surface area contributed by atoms with Gasteiger partial charge in [0.15, 0.2) is 5.03 Å². The first-order chi connectivity index (χ1) is 9.53. The Bertz CT molecular complexity index is 548. The molecule has 1 rings (SSSR count). The third kappa shape index (κ3) is 5.76. The summed E-state index contributed by atoms with van der Waals surface area (Å²) in [6, 6.07) is 0.149. The highest BCUT2D eigenvalue weighted by Crippen LogP contribution is 2.17. The molecular formula is C14H27N3O3S. The molecule has 0 aliphatic carbocycles. The van der Waals surface area contributed by atoms with Crippen LogP contribution < -0.4 is 4.72 Å². The molecule has 6 nitrogen and oxygen atoms in total. The minimum absolute atomic E-state index is 0.0173. The van der Waals surface area contributed by atoms with Gasteiger partial charge >= 0.3 is 0 Å². The van der Waals surface area contributed by atoms with Gasteiger partial charge in [-0.25, -0.2) is 18.1 Å². The molecule has 21 heavy (non-hydrogen) atoms. The summed E-state index contributed by atoms with van der Waals surface area (Å²) in [6.07, 6.45) is 4.39. The summed E-state index contributed by atoms with van der Waals surface area (Å²) in [5.74, 6) is 0.467. The van der Waals surface area contributed by atoms with E-state index in [-0.39, 0.29) is 17.6 Å². The van der Waals surface area contributed by atoms with Gasteiger partial charge in [-0.1, -0.05) is 13.8 Å². The van der Waals surface area contributed by atoms with Crippen LogP contribution in [-0.2, 0) is 10.0 Å². The van der Waals surface area contributed by atoms with Crippen molar-refractivity contribution in [2.24, 2.45) is 5.92 Å². The van der Waals surface area contributed by atoms with Gasteiger partial charge in [0, 0.05) is 18.8 Å². The standard InChI is InChI=1S/C14H27N3O3S/c1-11(2)6-7-14(5,18)9-16-21(19,20)13-8-17(10-15-13)12(3)4/h8,10-12,16,18H,6-7,9H2,1-5H3. The molecule has 1 aromatic rings. The smallest absolute Gasteiger partial charge is 0.259 e. The molecule has 1 unspecified atom stereocenters. The molecule has 0 aromatic carbocycles. The second-order valence-corrected chi connectivity index (χ2v) is 8.22. The van der Waals surface area contributed by atoms with E-state index in [2.05, 4.69) is 23.6 Å². The van der Waals surface area contributed by atoms with Gasteiger partial charge in [0.05, 0.1) is 11.9 Å². The van der Waals surface area contributed by atoms with Crippen molar-refractivity contribution in [3.05, 3.63) is 12.5 Å². The number of hydrogen-bond acceptors (Lipinski definition) is 4. The molecule has 0 radical (unpaired) electrons. The van der Waals surface area contributed by atoms with Crippen molar-refractivity contribution in [3.63, 3.8) is 0 Å². The Labute approximate surface area is 127 Å². The summed E-state index contributed by atoms with van der Waals surface area (Å²) < 4.78 is 28.5. The van der Waals surface area contributed by atoms with Crippen LogP contribution >= 0.6 is 0 Å². The highest BCUT2D eigenvalue weighted by molar-refractivity contribution is 7.89. The highest BCUT2D eigenvalue weighted by atomic mass is 32.2. The second-order valence-electron chi connectivity index (χ2n) is 6.51. The van der Waals surface area contributed by atoms with E-state index in [1.807, 2.05) is 13.8 Å². The minimum atomic E-state index is -3.69. The summed E-state index contributed by atoms with van der Waals surface area (Å²) in [5.41, 5.74) is -1.06. The molecule has 0 amide bonds. The van der Waals surface area contributed by atoms with Crippen LogP contribution in [-0.4, -0.2) is 35.2 Å². The number of rotatable bonds is 8. The van der Waals surface area contributed by atoms with Crippen LogP contribution in [0.5, 0.6) is 0 Å². The van der Waals surface area contributed by atoms with Crippen LogP contribution in [0.15, 0.2) is 17.6 Å². The van der Waals surface area contributed by atoms with Gasteiger partial charge in [-0.2, -0.15) is 0 Å². The van der Waals surface area contributed by atoms with Crippen molar-refractivity contribution >= 4 is 10.0 Å². The second kappa shape index (κ2) is 6.89. The van der Waals surface area contributed by atoms with Crippen molar-refractivity contribution < 1.29 is 13.5 Å². The summed E-state index contributed by atoms with van der Waals surface area (Å²) in [7, 11) is -3.69. The molecule has 2 N–H and O–H groups in total. The fraction of sp³-hybridized carbons (Fsp3) is 0.786. The first-order valence-corrected chi connectivity index (χ1v) is 8.77. The lowest BCUT2D eigenvalue weighted by Crippen LogP contribution is -2.40. The zero-order valence-electron chi connectivity index (χ0n) is 13.5. The largest absolute Gasteiger partial charge is 0.389 e. The van der Waals surface area contributed by atoms with Crippen molar-refractivity contribution in [3.8, 4) is 0 Å². The Morgan fingerprint density at radius 2 is 2.00 bits per heavy atom. The van der Waals surface area contributed by atoms with Gasteiger partial charge in [0.1, 0.15) is 0 Å². The van der Waals surface area contributed by atoms with Gasteiger partial charge in [-0.05, 0) is 39.5 Å². The van der Waals surface area contributed by atoms with E-state index < -0.39 is 15.6 Å². The first-order valence-electron chi connectivity index (χ1n) is 7.29. The predicted octanol–water partition coefficient (Wildman–Crippen LogP) is 1.93. The van der Waals surface area contributed by atoms with Crippen molar-refractivity contribution in [1.82, 2.24) is 14.3 Å². The fourth-order valence-corrected chi connectivity index (χ4v) is 2.85. The SMILES string of the molecule is CC(C)CCC(C)(O)CNS(=O)(=O)c1cn(C(C)C)cn1. The molecule has 0 fully saturated rings. The molecule has 1 atom stereocenters. The average Bonchev–Trinajstić information content (AvgIpc) is 2.85. The molecule has 1 aromatic heterocycles. The van der Waals surface area contributed by atoms with E-state index in [4.69, 9.17) is 0 Å². The van der Waals surface area contributed by atoms with Gasteiger partial charge in [0.25, 0.3) is 10.0 Å². The Balaban J connectivity index is 2.67. The van der Waals surface area contributed by atoms with Crippen LogP contribution in [0.4, 0.5) is 0 Å². The van der Waals surface area contributed by atoms with E-state index in [1.54, 1.807) is 11.5 Å². The predicted molar refractivity (Wildman–Crippen MR) is 82.5 cm³/mol. The zero-order valence-corrected chi connectivity index (χ0v) is 14.3. The topological polar surface area (TPSA) is 84.2 Å². The minimum Gasteiger partial charge on any atom is -0.389 e. The molecule has 0 aliphatic heterocycles.